The Morgan fingerprint density at radius 2 is 1.83 bits per heavy atom. The average Bonchev–Trinajstić information content (AvgIpc) is 3.11. The Morgan fingerprint density at radius 3 is 2.50 bits per heavy atom. The van der Waals surface area contributed by atoms with Gasteiger partial charge in [-0.25, -0.2) is 4.39 Å². The van der Waals surface area contributed by atoms with Crippen molar-refractivity contribution in [2.24, 2.45) is 0 Å². The van der Waals surface area contributed by atoms with Crippen molar-refractivity contribution >= 4 is 34.8 Å². The maximum absolute atomic E-state index is 13.1. The molecule has 8 heteroatoms. The predicted molar refractivity (Wildman–Crippen MR) is 107 cm³/mol. The lowest BCUT2D eigenvalue weighted by Gasteiger charge is -2.20. The average molecular weight is 408 g/mol. The van der Waals surface area contributed by atoms with Gasteiger partial charge in [0.05, 0.1) is 12.0 Å². The van der Waals surface area contributed by atoms with Crippen LogP contribution in [0.5, 0.6) is 0 Å². The highest BCUT2D eigenvalue weighted by molar-refractivity contribution is 6.02. The van der Waals surface area contributed by atoms with Gasteiger partial charge in [0.15, 0.2) is 0 Å². The van der Waals surface area contributed by atoms with Gasteiger partial charge in [-0.1, -0.05) is 30.3 Å². The van der Waals surface area contributed by atoms with Crippen LogP contribution in [-0.4, -0.2) is 28.8 Å². The van der Waals surface area contributed by atoms with E-state index < -0.39 is 29.6 Å². The van der Waals surface area contributed by atoms with Gasteiger partial charge in [-0.15, -0.1) is 0 Å². The third-order valence-electron chi connectivity index (χ3n) is 4.43. The minimum atomic E-state index is -1.46. The first-order valence-electron chi connectivity index (χ1n) is 9.15. The van der Waals surface area contributed by atoms with Crippen molar-refractivity contribution in [2.75, 3.05) is 0 Å². The number of benzene rings is 2. The van der Waals surface area contributed by atoms with Crippen LogP contribution in [0, 0.1) is 5.82 Å². The van der Waals surface area contributed by atoms with Gasteiger partial charge in [0.2, 0.25) is 5.91 Å². The molecule has 0 spiro atoms. The van der Waals surface area contributed by atoms with Crippen LogP contribution in [0.15, 0.2) is 60.4 Å². The van der Waals surface area contributed by atoms with E-state index in [-0.39, 0.29) is 12.1 Å². The SMILES string of the molecule is CC(=O)N/C(=C/c1ccc(F)cc1)C(=O)N[C@H](Cc1c[nH]c2ccccc12)C(=O)[O-]. The van der Waals surface area contributed by atoms with E-state index in [0.717, 1.165) is 10.9 Å². The van der Waals surface area contributed by atoms with Crippen LogP contribution in [-0.2, 0) is 20.8 Å². The number of rotatable bonds is 7. The molecule has 30 heavy (non-hydrogen) atoms. The number of carbonyl (C=O) groups is 3. The molecule has 0 aliphatic carbocycles. The van der Waals surface area contributed by atoms with Gasteiger partial charge in [0, 0.05) is 30.4 Å². The number of para-hydroxylation sites is 1. The number of aliphatic carboxylic acids is 1. The summed E-state index contributed by atoms with van der Waals surface area (Å²) in [6.45, 7) is 1.22. The number of hydrogen-bond acceptors (Lipinski definition) is 4. The summed E-state index contributed by atoms with van der Waals surface area (Å²) in [5.74, 6) is -3.23. The van der Waals surface area contributed by atoms with Gasteiger partial charge in [0.1, 0.15) is 11.5 Å². The fourth-order valence-corrected chi connectivity index (χ4v) is 3.02. The minimum Gasteiger partial charge on any atom is -0.548 e. The van der Waals surface area contributed by atoms with Crippen molar-refractivity contribution in [3.63, 3.8) is 0 Å². The molecule has 154 valence electrons. The van der Waals surface area contributed by atoms with E-state index in [9.17, 15) is 23.9 Å². The Balaban J connectivity index is 1.83. The van der Waals surface area contributed by atoms with Crippen LogP contribution in [0.1, 0.15) is 18.1 Å². The van der Waals surface area contributed by atoms with Crippen molar-refractivity contribution in [2.45, 2.75) is 19.4 Å². The highest BCUT2D eigenvalue weighted by atomic mass is 19.1. The Bertz CT molecular complexity index is 1120. The molecule has 1 aromatic heterocycles. The lowest BCUT2D eigenvalue weighted by atomic mass is 10.0. The molecular weight excluding hydrogens is 389 g/mol. The lowest BCUT2D eigenvalue weighted by Crippen LogP contribution is -2.50. The van der Waals surface area contributed by atoms with E-state index in [4.69, 9.17) is 0 Å². The molecule has 3 aromatic rings. The Labute approximate surface area is 171 Å². The smallest absolute Gasteiger partial charge is 0.268 e. The molecule has 3 N–H and O–H groups in total. The first-order valence-corrected chi connectivity index (χ1v) is 9.15. The summed E-state index contributed by atoms with van der Waals surface area (Å²) in [6, 6.07) is 11.3. The molecule has 0 aliphatic rings. The van der Waals surface area contributed by atoms with Crippen LogP contribution in [0.4, 0.5) is 4.39 Å². The number of aromatic nitrogens is 1. The van der Waals surface area contributed by atoms with Crippen LogP contribution in [0.2, 0.25) is 0 Å². The van der Waals surface area contributed by atoms with E-state index in [1.807, 2.05) is 24.3 Å². The number of H-pyrrole nitrogens is 1. The van der Waals surface area contributed by atoms with Gasteiger partial charge < -0.3 is 25.5 Å². The van der Waals surface area contributed by atoms with Gasteiger partial charge in [-0.3, -0.25) is 9.59 Å². The number of fused-ring (bicyclic) bond motifs is 1. The highest BCUT2D eigenvalue weighted by Crippen LogP contribution is 2.19. The Hall–Kier alpha value is -3.94. The summed E-state index contributed by atoms with van der Waals surface area (Å²) >= 11 is 0. The summed E-state index contributed by atoms with van der Waals surface area (Å²) in [5, 5.41) is 17.2. The fraction of sp³-hybridized carbons (Fsp3) is 0.136. The summed E-state index contributed by atoms with van der Waals surface area (Å²) in [6.07, 6.45) is 2.99. The Kier molecular flexibility index (Phi) is 6.26. The number of halogens is 1. The number of hydrogen-bond donors (Lipinski definition) is 3. The molecule has 0 saturated heterocycles. The molecule has 1 atom stereocenters. The van der Waals surface area contributed by atoms with Crippen LogP contribution < -0.4 is 15.7 Å². The molecule has 0 radical (unpaired) electrons. The fourth-order valence-electron chi connectivity index (χ4n) is 3.02. The highest BCUT2D eigenvalue weighted by Gasteiger charge is 2.19. The quantitative estimate of drug-likeness (QED) is 0.511. The Morgan fingerprint density at radius 1 is 1.13 bits per heavy atom. The van der Waals surface area contributed by atoms with Crippen molar-refractivity contribution in [3.05, 3.63) is 77.4 Å². The van der Waals surface area contributed by atoms with E-state index in [1.165, 1.54) is 37.3 Å². The van der Waals surface area contributed by atoms with Crippen molar-refractivity contribution in [1.82, 2.24) is 15.6 Å². The number of aromatic amines is 1. The molecule has 1 heterocycles. The van der Waals surface area contributed by atoms with E-state index in [0.29, 0.717) is 11.1 Å². The molecule has 0 aliphatic heterocycles. The summed E-state index contributed by atoms with van der Waals surface area (Å²) < 4.78 is 13.1. The van der Waals surface area contributed by atoms with E-state index in [2.05, 4.69) is 15.6 Å². The van der Waals surface area contributed by atoms with Crippen molar-refractivity contribution < 1.29 is 23.9 Å². The first kappa shape index (κ1) is 20.8. The zero-order chi connectivity index (χ0) is 21.7. The molecule has 3 rings (SSSR count). The number of amides is 2. The van der Waals surface area contributed by atoms with Gasteiger partial charge in [-0.2, -0.15) is 0 Å². The second-order valence-electron chi connectivity index (χ2n) is 6.70. The monoisotopic (exact) mass is 408 g/mol. The lowest BCUT2D eigenvalue weighted by molar-refractivity contribution is -0.308. The van der Waals surface area contributed by atoms with Crippen molar-refractivity contribution in [1.29, 1.82) is 0 Å². The maximum Gasteiger partial charge on any atom is 0.268 e. The topological polar surface area (TPSA) is 114 Å². The molecule has 2 amide bonds. The summed E-state index contributed by atoms with van der Waals surface area (Å²) in [4.78, 5) is 38.9. The second-order valence-corrected chi connectivity index (χ2v) is 6.70. The molecule has 7 nitrogen and oxygen atoms in total. The first-order chi connectivity index (χ1) is 14.3. The van der Waals surface area contributed by atoms with E-state index >= 15 is 0 Å². The molecular formula is C22H19FN3O4-. The number of carboxylic acid groups (broad SMARTS) is 1. The maximum atomic E-state index is 13.1. The zero-order valence-electron chi connectivity index (χ0n) is 16.1. The summed E-state index contributed by atoms with van der Waals surface area (Å²) in [5.41, 5.74) is 1.82. The molecule has 2 aromatic carbocycles. The third kappa shape index (κ3) is 5.11. The second kappa shape index (κ2) is 9.04. The van der Waals surface area contributed by atoms with Gasteiger partial charge in [-0.05, 0) is 35.4 Å². The van der Waals surface area contributed by atoms with Crippen LogP contribution >= 0.6 is 0 Å². The molecule has 0 unspecified atom stereocenters. The predicted octanol–water partition coefficient (Wildman–Crippen LogP) is 1.26. The van der Waals surface area contributed by atoms with Crippen LogP contribution in [0.25, 0.3) is 17.0 Å². The molecule has 0 fully saturated rings. The minimum absolute atomic E-state index is 0.0119. The third-order valence-corrected chi connectivity index (χ3v) is 4.43. The van der Waals surface area contributed by atoms with Crippen molar-refractivity contribution in [3.8, 4) is 0 Å². The largest absolute Gasteiger partial charge is 0.548 e. The zero-order valence-corrected chi connectivity index (χ0v) is 16.1. The van der Waals surface area contributed by atoms with E-state index in [1.54, 1.807) is 6.20 Å². The van der Waals surface area contributed by atoms with Gasteiger partial charge >= 0.3 is 0 Å². The number of nitrogens with one attached hydrogen (secondary N) is 3. The van der Waals surface area contributed by atoms with Crippen LogP contribution in [0.3, 0.4) is 0 Å². The standard InChI is InChI=1S/C22H20FN3O4/c1-13(27)25-19(10-14-6-8-16(23)9-7-14)21(28)26-20(22(29)30)11-15-12-24-18-5-3-2-4-17(15)18/h2-10,12,20,24H,11H2,1H3,(H,25,27)(H,26,28)(H,29,30)/p-1/b19-10+/t20-/m1/s1. The molecule has 0 saturated carbocycles. The number of carbonyl (C=O) groups excluding carboxylic acids is 3. The molecule has 0 bridgehead atoms. The number of carboxylic acids is 1. The normalized spacial score (nSPS) is 12.4. The van der Waals surface area contributed by atoms with Gasteiger partial charge in [0.25, 0.3) is 5.91 Å². The summed E-state index contributed by atoms with van der Waals surface area (Å²) in [7, 11) is 0.